The predicted molar refractivity (Wildman–Crippen MR) is 181 cm³/mol. The van der Waals surface area contributed by atoms with E-state index in [0.717, 1.165) is 32.9 Å². The van der Waals surface area contributed by atoms with Crippen molar-refractivity contribution in [1.82, 2.24) is 0 Å². The number of hydrogen-bond donors (Lipinski definition) is 1. The van der Waals surface area contributed by atoms with Gasteiger partial charge in [0.25, 0.3) is 11.8 Å². The van der Waals surface area contributed by atoms with Gasteiger partial charge in [-0.1, -0.05) is 59.6 Å². The summed E-state index contributed by atoms with van der Waals surface area (Å²) < 4.78 is 13.9. The molecule has 2 aliphatic carbocycles. The molecule has 242 valence electrons. The number of carbonyl (C=O) groups excluding carboxylic acids is 4. The SMILES string of the molecule is Cc1ccc(N2C(=O)C3CC=C4C(CC5(Cl)C(=O)N(c6ccc(F)cc6)C(=O)C5(Cl)C4c4c(O)ccc5ccccc45)C3C2=O)cc1Cl. The lowest BCUT2D eigenvalue weighted by molar-refractivity contribution is -0.125. The first kappa shape index (κ1) is 31.1. The smallest absolute Gasteiger partial charge is 0.258 e. The highest BCUT2D eigenvalue weighted by atomic mass is 35.5. The Hall–Kier alpha value is -4.24. The van der Waals surface area contributed by atoms with Gasteiger partial charge in [-0.05, 0) is 84.5 Å². The monoisotopic (exact) mass is 702 g/mol. The van der Waals surface area contributed by atoms with E-state index in [-0.39, 0.29) is 29.8 Å². The largest absolute Gasteiger partial charge is 0.508 e. The van der Waals surface area contributed by atoms with Crippen LogP contribution in [0.3, 0.4) is 0 Å². The summed E-state index contributed by atoms with van der Waals surface area (Å²) in [6, 6.07) is 20.2. The standard InChI is InChI=1S/C37H26Cl3FN2O5/c1-18-6-10-22(16-27(18)38)42-32(45)25-14-13-24-26(29(25)33(42)46)17-36(39)34(47)43(21-11-8-20(41)9-12-21)35(48)37(36,40)31(24)30-23-5-3-2-4-19(23)7-15-28(30)44/h2-13,15-16,25-26,29,31,44H,14,17H2,1H3. The number of aromatic hydroxyl groups is 1. The Kier molecular flexibility index (Phi) is 6.88. The van der Waals surface area contributed by atoms with Gasteiger partial charge in [0.15, 0.2) is 9.75 Å². The Morgan fingerprint density at radius 3 is 2.27 bits per heavy atom. The Labute approximate surface area is 289 Å². The van der Waals surface area contributed by atoms with Crippen LogP contribution in [0.5, 0.6) is 5.75 Å². The number of nitrogens with zero attached hydrogens (tertiary/aromatic N) is 2. The average molecular weight is 704 g/mol. The second-order valence-electron chi connectivity index (χ2n) is 12.9. The first-order valence-electron chi connectivity index (χ1n) is 15.5. The van der Waals surface area contributed by atoms with E-state index in [1.54, 1.807) is 36.4 Å². The molecule has 6 unspecified atom stereocenters. The van der Waals surface area contributed by atoms with Crippen molar-refractivity contribution in [2.24, 2.45) is 17.8 Å². The van der Waals surface area contributed by atoms with E-state index in [2.05, 4.69) is 0 Å². The lowest BCUT2D eigenvalue weighted by atomic mass is 9.56. The number of hydrogen-bond acceptors (Lipinski definition) is 5. The first-order valence-corrected chi connectivity index (χ1v) is 16.6. The van der Waals surface area contributed by atoms with E-state index in [1.165, 1.54) is 18.2 Å². The van der Waals surface area contributed by atoms with Crippen LogP contribution in [-0.4, -0.2) is 38.5 Å². The van der Waals surface area contributed by atoms with Crippen LogP contribution in [0.4, 0.5) is 15.8 Å². The number of halogens is 4. The lowest BCUT2D eigenvalue weighted by Crippen LogP contribution is -2.60. The van der Waals surface area contributed by atoms with Crippen molar-refractivity contribution in [2.75, 3.05) is 9.80 Å². The van der Waals surface area contributed by atoms with Crippen molar-refractivity contribution < 1.29 is 28.7 Å². The van der Waals surface area contributed by atoms with Crippen LogP contribution in [0, 0.1) is 30.5 Å². The minimum atomic E-state index is -2.17. The maximum atomic E-state index is 14.7. The number of fused-ring (bicyclic) bond motifs is 5. The van der Waals surface area contributed by atoms with Gasteiger partial charge in [-0.3, -0.25) is 19.2 Å². The van der Waals surface area contributed by atoms with Crippen molar-refractivity contribution >= 4 is 80.6 Å². The Balaban J connectivity index is 1.34. The molecule has 1 saturated carbocycles. The van der Waals surface area contributed by atoms with Crippen molar-refractivity contribution in [1.29, 1.82) is 0 Å². The number of anilines is 2. The summed E-state index contributed by atoms with van der Waals surface area (Å²) in [5, 5.41) is 13.2. The number of phenolic OH excluding ortho intramolecular Hbond substituents is 1. The Morgan fingerprint density at radius 1 is 0.833 bits per heavy atom. The molecule has 0 bridgehead atoms. The molecule has 2 saturated heterocycles. The molecule has 6 atom stereocenters. The van der Waals surface area contributed by atoms with E-state index >= 15 is 0 Å². The second kappa shape index (κ2) is 10.6. The molecule has 2 aliphatic heterocycles. The van der Waals surface area contributed by atoms with E-state index in [4.69, 9.17) is 34.8 Å². The zero-order valence-corrected chi connectivity index (χ0v) is 27.6. The zero-order chi connectivity index (χ0) is 33.9. The van der Waals surface area contributed by atoms with Gasteiger partial charge in [-0.2, -0.15) is 0 Å². The summed E-state index contributed by atoms with van der Waals surface area (Å²) in [4.78, 5) is 55.2. The fourth-order valence-corrected chi connectivity index (χ4v) is 9.37. The van der Waals surface area contributed by atoms with Gasteiger partial charge in [-0.15, -0.1) is 23.2 Å². The molecule has 0 radical (unpaired) electrons. The van der Waals surface area contributed by atoms with Crippen LogP contribution in [0.2, 0.25) is 5.02 Å². The van der Waals surface area contributed by atoms with Gasteiger partial charge in [0.2, 0.25) is 11.8 Å². The summed E-state index contributed by atoms with van der Waals surface area (Å²) in [5.41, 5.74) is 2.01. The third-order valence-electron chi connectivity index (χ3n) is 10.5. The number of aryl methyl sites for hydroxylation is 1. The minimum absolute atomic E-state index is 0.0751. The van der Waals surface area contributed by atoms with Crippen LogP contribution < -0.4 is 9.80 Å². The van der Waals surface area contributed by atoms with Crippen molar-refractivity contribution in [2.45, 2.75) is 35.4 Å². The van der Waals surface area contributed by atoms with Gasteiger partial charge in [0.1, 0.15) is 11.6 Å². The molecule has 8 rings (SSSR count). The van der Waals surface area contributed by atoms with Gasteiger partial charge in [0, 0.05) is 16.5 Å². The molecule has 2 heterocycles. The highest BCUT2D eigenvalue weighted by molar-refractivity contribution is 6.58. The number of benzene rings is 4. The number of amides is 4. The fourth-order valence-electron chi connectivity index (χ4n) is 8.28. The topological polar surface area (TPSA) is 95.0 Å². The van der Waals surface area contributed by atoms with Crippen LogP contribution in [0.1, 0.15) is 29.9 Å². The molecule has 4 amide bonds. The molecule has 4 aromatic carbocycles. The number of imide groups is 2. The normalized spacial score (nSPS) is 29.6. The van der Waals surface area contributed by atoms with Gasteiger partial charge < -0.3 is 5.11 Å². The van der Waals surface area contributed by atoms with E-state index < -0.39 is 62.9 Å². The van der Waals surface area contributed by atoms with E-state index in [9.17, 15) is 28.7 Å². The van der Waals surface area contributed by atoms with Crippen LogP contribution in [0.15, 0.2) is 90.5 Å². The van der Waals surface area contributed by atoms with Crippen LogP contribution in [0.25, 0.3) is 10.8 Å². The molecule has 48 heavy (non-hydrogen) atoms. The van der Waals surface area contributed by atoms with Gasteiger partial charge >= 0.3 is 0 Å². The predicted octanol–water partition coefficient (Wildman–Crippen LogP) is 7.41. The Bertz CT molecular complexity index is 2150. The molecule has 7 nitrogen and oxygen atoms in total. The van der Waals surface area contributed by atoms with E-state index in [1.807, 2.05) is 25.1 Å². The van der Waals surface area contributed by atoms with Gasteiger partial charge in [0.05, 0.1) is 23.2 Å². The van der Waals surface area contributed by atoms with Crippen LogP contribution >= 0.6 is 34.8 Å². The molecular formula is C37H26Cl3FN2O5. The van der Waals surface area contributed by atoms with Crippen molar-refractivity contribution in [3.05, 3.63) is 112 Å². The number of rotatable bonds is 3. The third-order valence-corrected chi connectivity index (χ3v) is 12.4. The maximum Gasteiger partial charge on any atom is 0.258 e. The number of allylic oxidation sites excluding steroid dienone is 2. The van der Waals surface area contributed by atoms with Crippen molar-refractivity contribution in [3.63, 3.8) is 0 Å². The second-order valence-corrected chi connectivity index (χ2v) is 14.6. The lowest BCUT2D eigenvalue weighted by Gasteiger charge is -2.51. The molecule has 4 aliphatic rings. The summed E-state index contributed by atoms with van der Waals surface area (Å²) in [6.07, 6.45) is 1.73. The Morgan fingerprint density at radius 2 is 1.54 bits per heavy atom. The van der Waals surface area contributed by atoms with Gasteiger partial charge in [-0.25, -0.2) is 14.2 Å². The van der Waals surface area contributed by atoms with Crippen molar-refractivity contribution in [3.8, 4) is 5.75 Å². The fraction of sp³-hybridized carbons (Fsp3) is 0.243. The summed E-state index contributed by atoms with van der Waals surface area (Å²) >= 11 is 21.3. The summed E-state index contributed by atoms with van der Waals surface area (Å²) in [6.45, 7) is 1.81. The first-order chi connectivity index (χ1) is 22.9. The maximum absolute atomic E-state index is 14.7. The van der Waals surface area contributed by atoms with E-state index in [0.29, 0.717) is 21.7 Å². The molecule has 11 heteroatoms. The minimum Gasteiger partial charge on any atom is -0.508 e. The zero-order valence-electron chi connectivity index (χ0n) is 25.3. The summed E-state index contributed by atoms with van der Waals surface area (Å²) in [7, 11) is 0. The highest BCUT2D eigenvalue weighted by Crippen LogP contribution is 2.67. The molecule has 3 fully saturated rings. The number of phenols is 1. The summed E-state index contributed by atoms with van der Waals surface area (Å²) in [5.74, 6) is -6.98. The highest BCUT2D eigenvalue weighted by Gasteiger charge is 2.77. The number of alkyl halides is 2. The quantitative estimate of drug-likeness (QED) is 0.136. The average Bonchev–Trinajstić information content (AvgIpc) is 3.41. The molecular weight excluding hydrogens is 678 g/mol. The number of carbonyl (C=O) groups is 4. The molecule has 4 aromatic rings. The molecule has 1 N–H and O–H groups in total. The molecule has 0 aromatic heterocycles. The van der Waals surface area contributed by atoms with Crippen LogP contribution in [-0.2, 0) is 19.2 Å². The third kappa shape index (κ3) is 4.00. The molecule has 0 spiro atoms.